The molecule has 1 aromatic rings. The number of rotatable bonds is 2. The van der Waals surface area contributed by atoms with Crippen molar-refractivity contribution in [2.45, 2.75) is 25.3 Å². The fourth-order valence-corrected chi connectivity index (χ4v) is 2.18. The van der Waals surface area contributed by atoms with Gasteiger partial charge in [0, 0.05) is 25.4 Å². The number of nitrogens with two attached hydrogens (primary N) is 1. The van der Waals surface area contributed by atoms with E-state index in [4.69, 9.17) is 5.73 Å². The first-order valence-corrected chi connectivity index (χ1v) is 5.61. The molecule has 2 rings (SSSR count). The molecule has 0 atom stereocenters. The summed E-state index contributed by atoms with van der Waals surface area (Å²) >= 11 is 3.49. The first-order chi connectivity index (χ1) is 6.68. The zero-order valence-electron chi connectivity index (χ0n) is 8.20. The van der Waals surface area contributed by atoms with E-state index in [9.17, 15) is 0 Å². The van der Waals surface area contributed by atoms with Crippen LogP contribution in [-0.2, 0) is 0 Å². The molecule has 0 amide bonds. The van der Waals surface area contributed by atoms with Gasteiger partial charge in [-0.15, -0.1) is 0 Å². The Labute approximate surface area is 92.4 Å². The van der Waals surface area contributed by atoms with Crippen LogP contribution >= 0.6 is 15.9 Å². The molecule has 1 aliphatic carbocycles. The third-order valence-electron chi connectivity index (χ3n) is 2.86. The first kappa shape index (κ1) is 9.77. The van der Waals surface area contributed by atoms with Gasteiger partial charge in [0.2, 0.25) is 0 Å². The van der Waals surface area contributed by atoms with Crippen LogP contribution in [0.25, 0.3) is 0 Å². The lowest BCUT2D eigenvalue weighted by Gasteiger charge is -2.36. The van der Waals surface area contributed by atoms with Gasteiger partial charge in [-0.2, -0.15) is 0 Å². The smallest absolute Gasteiger partial charge is 0.125 e. The van der Waals surface area contributed by atoms with Gasteiger partial charge < -0.3 is 10.6 Å². The van der Waals surface area contributed by atoms with Crippen molar-refractivity contribution in [1.29, 1.82) is 0 Å². The lowest BCUT2D eigenvalue weighted by Crippen LogP contribution is -2.37. The van der Waals surface area contributed by atoms with Gasteiger partial charge >= 0.3 is 0 Å². The third-order valence-corrected chi connectivity index (χ3v) is 3.47. The summed E-state index contributed by atoms with van der Waals surface area (Å²) < 4.78 is 1.01. The SMILES string of the molecule is CN(c1cc(N)ncc1Br)C1CCC1. The fourth-order valence-electron chi connectivity index (χ4n) is 1.68. The lowest BCUT2D eigenvalue weighted by molar-refractivity contribution is 0.401. The highest BCUT2D eigenvalue weighted by atomic mass is 79.9. The standard InChI is InChI=1S/C10H14BrN3/c1-14(7-3-2-4-7)9-5-10(12)13-6-8(9)11/h5-7H,2-4H2,1H3,(H2,12,13). The molecule has 0 spiro atoms. The van der Waals surface area contributed by atoms with Gasteiger partial charge in [-0.25, -0.2) is 4.98 Å². The Kier molecular flexibility index (Phi) is 2.63. The summed E-state index contributed by atoms with van der Waals surface area (Å²) in [4.78, 5) is 6.31. The summed E-state index contributed by atoms with van der Waals surface area (Å²) in [6, 6.07) is 2.59. The van der Waals surface area contributed by atoms with E-state index in [0.717, 1.165) is 10.2 Å². The maximum atomic E-state index is 5.67. The minimum absolute atomic E-state index is 0.578. The Morgan fingerprint density at radius 3 is 2.86 bits per heavy atom. The molecule has 0 saturated heterocycles. The summed E-state index contributed by atoms with van der Waals surface area (Å²) in [7, 11) is 2.11. The van der Waals surface area contributed by atoms with Crippen LogP contribution in [0.15, 0.2) is 16.7 Å². The largest absolute Gasteiger partial charge is 0.384 e. The van der Waals surface area contributed by atoms with Gasteiger partial charge in [-0.1, -0.05) is 0 Å². The average molecular weight is 256 g/mol. The van der Waals surface area contributed by atoms with Crippen LogP contribution in [0.5, 0.6) is 0 Å². The van der Waals surface area contributed by atoms with E-state index in [1.165, 1.54) is 19.3 Å². The van der Waals surface area contributed by atoms with Crippen LogP contribution in [0.4, 0.5) is 11.5 Å². The molecule has 0 aromatic carbocycles. The van der Waals surface area contributed by atoms with Crippen LogP contribution in [-0.4, -0.2) is 18.1 Å². The first-order valence-electron chi connectivity index (χ1n) is 4.82. The van der Waals surface area contributed by atoms with Crippen LogP contribution < -0.4 is 10.6 Å². The van der Waals surface area contributed by atoms with Gasteiger partial charge in [0.1, 0.15) is 5.82 Å². The summed E-state index contributed by atoms with van der Waals surface area (Å²) in [6.45, 7) is 0. The molecule has 1 heterocycles. The topological polar surface area (TPSA) is 42.1 Å². The van der Waals surface area contributed by atoms with Crippen molar-refractivity contribution >= 4 is 27.4 Å². The highest BCUT2D eigenvalue weighted by Gasteiger charge is 2.23. The van der Waals surface area contributed by atoms with Crippen molar-refractivity contribution in [2.24, 2.45) is 0 Å². The second kappa shape index (κ2) is 3.77. The molecule has 3 nitrogen and oxygen atoms in total. The van der Waals surface area contributed by atoms with Crippen LogP contribution in [0.2, 0.25) is 0 Å². The maximum Gasteiger partial charge on any atom is 0.125 e. The molecular formula is C10H14BrN3. The number of hydrogen-bond acceptors (Lipinski definition) is 3. The van der Waals surface area contributed by atoms with E-state index in [1.807, 2.05) is 6.07 Å². The number of hydrogen-bond donors (Lipinski definition) is 1. The molecule has 4 heteroatoms. The second-order valence-electron chi connectivity index (χ2n) is 3.76. The predicted molar refractivity (Wildman–Crippen MR) is 62.4 cm³/mol. The minimum Gasteiger partial charge on any atom is -0.384 e. The van der Waals surface area contributed by atoms with Crippen LogP contribution in [0, 0.1) is 0 Å². The van der Waals surface area contributed by atoms with E-state index in [-0.39, 0.29) is 0 Å². The van der Waals surface area contributed by atoms with E-state index in [2.05, 4.69) is 32.9 Å². The van der Waals surface area contributed by atoms with Gasteiger partial charge in [-0.3, -0.25) is 0 Å². The average Bonchev–Trinajstić information content (AvgIpc) is 2.06. The minimum atomic E-state index is 0.578. The van der Waals surface area contributed by atoms with Crippen LogP contribution in [0.3, 0.4) is 0 Å². The van der Waals surface area contributed by atoms with Crippen molar-refractivity contribution in [3.05, 3.63) is 16.7 Å². The number of nitrogens with zero attached hydrogens (tertiary/aromatic N) is 2. The number of halogens is 1. The Morgan fingerprint density at radius 1 is 1.57 bits per heavy atom. The molecule has 76 valence electrons. The zero-order valence-corrected chi connectivity index (χ0v) is 9.79. The molecular weight excluding hydrogens is 242 g/mol. The Hall–Kier alpha value is -0.770. The molecule has 0 aliphatic heterocycles. The zero-order chi connectivity index (χ0) is 10.1. The highest BCUT2D eigenvalue weighted by Crippen LogP contribution is 2.33. The van der Waals surface area contributed by atoms with Crippen molar-refractivity contribution in [1.82, 2.24) is 4.98 Å². The van der Waals surface area contributed by atoms with Crippen LogP contribution in [0.1, 0.15) is 19.3 Å². The molecule has 1 aliphatic rings. The van der Waals surface area contributed by atoms with Crippen molar-refractivity contribution < 1.29 is 0 Å². The number of aromatic nitrogens is 1. The van der Waals surface area contributed by atoms with Gasteiger partial charge in [0.05, 0.1) is 10.2 Å². The predicted octanol–water partition coefficient (Wildman–Crippen LogP) is 2.42. The van der Waals surface area contributed by atoms with Crippen molar-refractivity contribution in [3.63, 3.8) is 0 Å². The summed E-state index contributed by atoms with van der Waals surface area (Å²) in [5.74, 6) is 0.578. The number of nitrogen functional groups attached to an aromatic ring is 1. The van der Waals surface area contributed by atoms with E-state index in [1.54, 1.807) is 6.20 Å². The molecule has 1 fully saturated rings. The van der Waals surface area contributed by atoms with Gasteiger partial charge in [0.15, 0.2) is 0 Å². The molecule has 0 unspecified atom stereocenters. The molecule has 0 radical (unpaired) electrons. The molecule has 0 bridgehead atoms. The lowest BCUT2D eigenvalue weighted by atomic mass is 9.91. The summed E-state index contributed by atoms with van der Waals surface area (Å²) in [6.07, 6.45) is 5.67. The quantitative estimate of drug-likeness (QED) is 0.883. The number of anilines is 2. The van der Waals surface area contributed by atoms with Crippen molar-refractivity contribution in [3.8, 4) is 0 Å². The molecule has 2 N–H and O–H groups in total. The Bertz CT molecular complexity index is 336. The normalized spacial score (nSPS) is 16.4. The maximum absolute atomic E-state index is 5.67. The monoisotopic (exact) mass is 255 g/mol. The van der Waals surface area contributed by atoms with E-state index < -0.39 is 0 Å². The van der Waals surface area contributed by atoms with E-state index in [0.29, 0.717) is 11.9 Å². The second-order valence-corrected chi connectivity index (χ2v) is 4.61. The third kappa shape index (κ3) is 1.71. The molecule has 1 aromatic heterocycles. The summed E-state index contributed by atoms with van der Waals surface area (Å²) in [5.41, 5.74) is 6.81. The fraction of sp³-hybridized carbons (Fsp3) is 0.500. The van der Waals surface area contributed by atoms with Gasteiger partial charge in [0.25, 0.3) is 0 Å². The Balaban J connectivity index is 2.24. The number of pyridine rings is 1. The summed E-state index contributed by atoms with van der Waals surface area (Å²) in [5, 5.41) is 0. The van der Waals surface area contributed by atoms with Crippen molar-refractivity contribution in [2.75, 3.05) is 17.7 Å². The highest BCUT2D eigenvalue weighted by molar-refractivity contribution is 9.10. The molecule has 14 heavy (non-hydrogen) atoms. The molecule has 1 saturated carbocycles. The van der Waals surface area contributed by atoms with Gasteiger partial charge in [-0.05, 0) is 35.2 Å². The van der Waals surface area contributed by atoms with E-state index >= 15 is 0 Å². The Morgan fingerprint density at radius 2 is 2.29 bits per heavy atom.